The molecule has 0 aromatic heterocycles. The van der Waals surface area contributed by atoms with Crippen molar-refractivity contribution in [2.24, 2.45) is 0 Å². The molecule has 0 spiro atoms. The van der Waals surface area contributed by atoms with Gasteiger partial charge in [0.05, 0.1) is 6.26 Å². The zero-order valence-electron chi connectivity index (χ0n) is 6.33. The van der Waals surface area contributed by atoms with E-state index >= 15 is 0 Å². The molecular formula is C8H12O2. The van der Waals surface area contributed by atoms with Crippen LogP contribution in [-0.2, 0) is 9.53 Å². The van der Waals surface area contributed by atoms with E-state index in [1.165, 1.54) is 13.2 Å². The summed E-state index contributed by atoms with van der Waals surface area (Å²) in [6, 6.07) is 0. The van der Waals surface area contributed by atoms with E-state index in [0.29, 0.717) is 0 Å². The van der Waals surface area contributed by atoms with Crippen molar-refractivity contribution in [1.29, 1.82) is 0 Å². The predicted molar refractivity (Wildman–Crippen MR) is 40.3 cm³/mol. The Labute approximate surface area is 61.2 Å². The van der Waals surface area contributed by atoms with Gasteiger partial charge >= 0.3 is 5.97 Å². The third kappa shape index (κ3) is 6.95. The molecule has 0 amide bonds. The van der Waals surface area contributed by atoms with Crippen LogP contribution in [0.5, 0.6) is 0 Å². The second-order valence-electron chi connectivity index (χ2n) is 1.77. The third-order valence-electron chi connectivity index (χ3n) is 0.795. The van der Waals surface area contributed by atoms with Crippen molar-refractivity contribution in [3.8, 4) is 0 Å². The Hall–Kier alpha value is -1.05. The molecule has 10 heavy (non-hydrogen) atoms. The molecular weight excluding hydrogens is 128 g/mol. The number of carbonyl (C=O) groups excluding carboxylic acids is 1. The number of hydrogen-bond donors (Lipinski definition) is 0. The fraction of sp³-hybridized carbons (Fsp3) is 0.375. The summed E-state index contributed by atoms with van der Waals surface area (Å²) in [6.45, 7) is 3.41. The van der Waals surface area contributed by atoms with Crippen LogP contribution >= 0.6 is 0 Å². The first kappa shape index (κ1) is 8.95. The van der Waals surface area contributed by atoms with Gasteiger partial charge in [0.1, 0.15) is 0 Å². The topological polar surface area (TPSA) is 26.3 Å². The Kier molecular flexibility index (Phi) is 5.44. The maximum Gasteiger partial charge on any atom is 0.307 e. The molecule has 0 saturated carbocycles. The summed E-state index contributed by atoms with van der Waals surface area (Å²) in [6.07, 6.45) is 7.85. The number of ether oxygens (including phenoxy) is 1. The fourth-order valence-electron chi connectivity index (χ4n) is 0.395. The van der Waals surface area contributed by atoms with E-state index in [0.717, 1.165) is 6.42 Å². The van der Waals surface area contributed by atoms with Gasteiger partial charge in [-0.15, -0.1) is 0 Å². The largest absolute Gasteiger partial charge is 0.435 e. The third-order valence-corrected chi connectivity index (χ3v) is 0.795. The Morgan fingerprint density at radius 3 is 2.70 bits per heavy atom. The lowest BCUT2D eigenvalue weighted by Crippen LogP contribution is -1.88. The molecule has 0 aromatic rings. The summed E-state index contributed by atoms with van der Waals surface area (Å²) in [5.74, 6) is -0.291. The fourth-order valence-corrected chi connectivity index (χ4v) is 0.395. The van der Waals surface area contributed by atoms with Gasteiger partial charge in [0.15, 0.2) is 0 Å². The molecule has 56 valence electrons. The van der Waals surface area contributed by atoms with Crippen LogP contribution in [0.3, 0.4) is 0 Å². The second kappa shape index (κ2) is 6.08. The average molecular weight is 140 g/mol. The summed E-state index contributed by atoms with van der Waals surface area (Å²) in [5.41, 5.74) is 0. The van der Waals surface area contributed by atoms with Gasteiger partial charge in [-0.25, -0.2) is 0 Å². The van der Waals surface area contributed by atoms with E-state index in [-0.39, 0.29) is 5.97 Å². The SMILES string of the molecule is CC/C=C/C=C\OC(C)=O. The molecule has 0 atom stereocenters. The second-order valence-corrected chi connectivity index (χ2v) is 1.77. The molecule has 0 rings (SSSR count). The van der Waals surface area contributed by atoms with Crippen molar-refractivity contribution in [2.75, 3.05) is 0 Å². The first-order valence-corrected chi connectivity index (χ1v) is 3.26. The lowest BCUT2D eigenvalue weighted by atomic mass is 10.4. The first-order chi connectivity index (χ1) is 4.77. The standard InChI is InChI=1S/C8H12O2/c1-3-4-5-6-7-10-8(2)9/h4-7H,3H2,1-2H3/b5-4+,7-6-. The predicted octanol–water partition coefficient (Wildman–Crippen LogP) is 2.03. The molecule has 0 saturated heterocycles. The van der Waals surface area contributed by atoms with Gasteiger partial charge in [0.2, 0.25) is 0 Å². The Morgan fingerprint density at radius 1 is 1.50 bits per heavy atom. The van der Waals surface area contributed by atoms with Gasteiger partial charge in [-0.3, -0.25) is 4.79 Å². The van der Waals surface area contributed by atoms with E-state index in [9.17, 15) is 4.79 Å². The van der Waals surface area contributed by atoms with Gasteiger partial charge in [0.25, 0.3) is 0 Å². The molecule has 0 fully saturated rings. The van der Waals surface area contributed by atoms with E-state index in [4.69, 9.17) is 0 Å². The van der Waals surface area contributed by atoms with Crippen molar-refractivity contribution >= 4 is 5.97 Å². The minimum atomic E-state index is -0.291. The van der Waals surface area contributed by atoms with Gasteiger partial charge in [-0.2, -0.15) is 0 Å². The van der Waals surface area contributed by atoms with Crippen LogP contribution < -0.4 is 0 Å². The van der Waals surface area contributed by atoms with Crippen molar-refractivity contribution in [1.82, 2.24) is 0 Å². The maximum atomic E-state index is 10.2. The summed E-state index contributed by atoms with van der Waals surface area (Å²) < 4.78 is 4.52. The van der Waals surface area contributed by atoms with Gasteiger partial charge in [-0.05, 0) is 12.5 Å². The zero-order chi connectivity index (χ0) is 7.82. The molecule has 2 heteroatoms. The average Bonchev–Trinajstić information content (AvgIpc) is 1.87. The lowest BCUT2D eigenvalue weighted by molar-refractivity contribution is -0.135. The van der Waals surface area contributed by atoms with E-state index in [2.05, 4.69) is 4.74 Å². The van der Waals surface area contributed by atoms with Gasteiger partial charge in [0, 0.05) is 6.92 Å². The Morgan fingerprint density at radius 2 is 2.20 bits per heavy atom. The zero-order valence-corrected chi connectivity index (χ0v) is 6.33. The summed E-state index contributed by atoms with van der Waals surface area (Å²) in [7, 11) is 0. The van der Waals surface area contributed by atoms with Crippen LogP contribution in [0.25, 0.3) is 0 Å². The number of hydrogen-bond acceptors (Lipinski definition) is 2. The van der Waals surface area contributed by atoms with Crippen molar-refractivity contribution < 1.29 is 9.53 Å². The highest BCUT2D eigenvalue weighted by atomic mass is 16.5. The lowest BCUT2D eigenvalue weighted by Gasteiger charge is -1.86. The highest BCUT2D eigenvalue weighted by Crippen LogP contribution is 1.83. The minimum Gasteiger partial charge on any atom is -0.435 e. The maximum absolute atomic E-state index is 10.2. The highest BCUT2D eigenvalue weighted by molar-refractivity contribution is 5.66. The van der Waals surface area contributed by atoms with Crippen LogP contribution in [0.4, 0.5) is 0 Å². The molecule has 0 aliphatic carbocycles. The normalized spacial score (nSPS) is 11.0. The van der Waals surface area contributed by atoms with Gasteiger partial charge < -0.3 is 4.74 Å². The Bertz CT molecular complexity index is 145. The summed E-state index contributed by atoms with van der Waals surface area (Å²) >= 11 is 0. The molecule has 0 bridgehead atoms. The number of rotatable bonds is 3. The minimum absolute atomic E-state index is 0.291. The van der Waals surface area contributed by atoms with Crippen LogP contribution in [0, 0.1) is 0 Å². The van der Waals surface area contributed by atoms with Crippen LogP contribution in [0.15, 0.2) is 24.5 Å². The molecule has 0 aliphatic heterocycles. The monoisotopic (exact) mass is 140 g/mol. The highest BCUT2D eigenvalue weighted by Gasteiger charge is 1.81. The molecule has 2 nitrogen and oxygen atoms in total. The summed E-state index contributed by atoms with van der Waals surface area (Å²) in [5, 5.41) is 0. The molecule has 0 N–H and O–H groups in total. The van der Waals surface area contributed by atoms with Crippen molar-refractivity contribution in [3.63, 3.8) is 0 Å². The molecule has 0 unspecified atom stereocenters. The quantitative estimate of drug-likeness (QED) is 0.340. The van der Waals surface area contributed by atoms with Crippen LogP contribution in [-0.4, -0.2) is 5.97 Å². The van der Waals surface area contributed by atoms with Crippen LogP contribution in [0.1, 0.15) is 20.3 Å². The molecule has 0 aliphatic rings. The number of carbonyl (C=O) groups is 1. The van der Waals surface area contributed by atoms with Crippen molar-refractivity contribution in [2.45, 2.75) is 20.3 Å². The van der Waals surface area contributed by atoms with E-state index < -0.39 is 0 Å². The van der Waals surface area contributed by atoms with Crippen molar-refractivity contribution in [3.05, 3.63) is 24.5 Å². The number of esters is 1. The molecule has 0 radical (unpaired) electrons. The smallest absolute Gasteiger partial charge is 0.307 e. The van der Waals surface area contributed by atoms with Crippen LogP contribution in [0.2, 0.25) is 0 Å². The summed E-state index contributed by atoms with van der Waals surface area (Å²) in [4.78, 5) is 10.2. The Balaban J connectivity index is 3.37. The molecule has 0 aromatic carbocycles. The van der Waals surface area contributed by atoms with Gasteiger partial charge in [-0.1, -0.05) is 19.1 Å². The van der Waals surface area contributed by atoms with E-state index in [1.807, 2.05) is 19.1 Å². The number of allylic oxidation sites excluding steroid dienone is 3. The van der Waals surface area contributed by atoms with E-state index in [1.54, 1.807) is 6.08 Å². The first-order valence-electron chi connectivity index (χ1n) is 3.26. The molecule has 0 heterocycles.